The summed E-state index contributed by atoms with van der Waals surface area (Å²) in [4.78, 5) is 0. The summed E-state index contributed by atoms with van der Waals surface area (Å²) in [5.41, 5.74) is 2.00. The average molecular weight is 232 g/mol. The van der Waals surface area contributed by atoms with Gasteiger partial charge in [0.05, 0.1) is 0 Å². The van der Waals surface area contributed by atoms with Gasteiger partial charge in [0.2, 0.25) is 0 Å². The van der Waals surface area contributed by atoms with E-state index in [1.807, 2.05) is 0 Å². The highest BCUT2D eigenvalue weighted by molar-refractivity contribution is 8.93. The first-order valence-electron chi connectivity index (χ1n) is 3.56. The number of aromatic hydroxyl groups is 2. The van der Waals surface area contributed by atoms with E-state index in [1.54, 1.807) is 12.1 Å². The lowest BCUT2D eigenvalue weighted by Crippen LogP contribution is -1.90. The van der Waals surface area contributed by atoms with Crippen molar-refractivity contribution >= 4 is 22.7 Å². The van der Waals surface area contributed by atoms with E-state index in [4.69, 9.17) is 10.2 Å². The molecule has 0 bridgehead atoms. The Kier molecular flexibility index (Phi) is 2.47. The van der Waals surface area contributed by atoms with Gasteiger partial charge in [0.25, 0.3) is 0 Å². The molecule has 1 aromatic rings. The van der Waals surface area contributed by atoms with Crippen molar-refractivity contribution in [3.05, 3.63) is 17.7 Å². The maximum Gasteiger partial charge on any atom is 0.159 e. The van der Waals surface area contributed by atoms with Crippen molar-refractivity contribution in [1.82, 2.24) is 0 Å². The van der Waals surface area contributed by atoms with Crippen molar-refractivity contribution < 1.29 is 10.2 Å². The van der Waals surface area contributed by atoms with Gasteiger partial charge >= 0.3 is 0 Å². The van der Waals surface area contributed by atoms with Crippen molar-refractivity contribution in [1.29, 1.82) is 0 Å². The zero-order valence-electron chi connectivity index (χ0n) is 6.37. The van der Waals surface area contributed by atoms with Gasteiger partial charge in [-0.3, -0.25) is 0 Å². The number of phenols is 2. The second kappa shape index (κ2) is 3.23. The standard InChI is InChI=1S/C8H9NO2.BrH/c10-7-3-5-1-2-9-6(5)4-8(7)11;/h3-4,9-11H,1-2H2;1H. The monoisotopic (exact) mass is 231 g/mol. The Morgan fingerprint density at radius 2 is 1.83 bits per heavy atom. The average Bonchev–Trinajstić information content (AvgIpc) is 2.36. The van der Waals surface area contributed by atoms with Gasteiger partial charge in [0, 0.05) is 18.3 Å². The molecule has 1 aliphatic rings. The van der Waals surface area contributed by atoms with Gasteiger partial charge in [-0.25, -0.2) is 0 Å². The van der Waals surface area contributed by atoms with E-state index in [2.05, 4.69) is 5.32 Å². The van der Waals surface area contributed by atoms with Gasteiger partial charge in [0.1, 0.15) is 0 Å². The molecule has 0 aliphatic carbocycles. The zero-order valence-corrected chi connectivity index (χ0v) is 8.08. The molecule has 0 saturated carbocycles. The molecule has 12 heavy (non-hydrogen) atoms. The summed E-state index contributed by atoms with van der Waals surface area (Å²) in [5, 5.41) is 21.3. The SMILES string of the molecule is Br.Oc1cc2c(cc1O)NCC2. The molecule has 0 atom stereocenters. The van der Waals surface area contributed by atoms with E-state index in [9.17, 15) is 0 Å². The van der Waals surface area contributed by atoms with Crippen LogP contribution in [0.1, 0.15) is 5.56 Å². The zero-order chi connectivity index (χ0) is 7.84. The van der Waals surface area contributed by atoms with E-state index in [-0.39, 0.29) is 28.5 Å². The molecule has 3 N–H and O–H groups in total. The molecule has 66 valence electrons. The van der Waals surface area contributed by atoms with Crippen LogP contribution in [0.25, 0.3) is 0 Å². The predicted octanol–water partition coefficient (Wildman–Crippen LogP) is 1.64. The number of fused-ring (bicyclic) bond motifs is 1. The Labute approximate surface area is 80.8 Å². The van der Waals surface area contributed by atoms with Gasteiger partial charge in [-0.15, -0.1) is 17.0 Å². The molecule has 0 aromatic heterocycles. The van der Waals surface area contributed by atoms with Crippen LogP contribution in [0.5, 0.6) is 11.5 Å². The van der Waals surface area contributed by atoms with Crippen LogP contribution < -0.4 is 5.32 Å². The molecule has 0 saturated heterocycles. The largest absolute Gasteiger partial charge is 0.504 e. The van der Waals surface area contributed by atoms with Gasteiger partial charge in [-0.2, -0.15) is 0 Å². The number of phenolic OH excluding ortho intramolecular Hbond substituents is 2. The number of benzene rings is 1. The van der Waals surface area contributed by atoms with Crippen LogP contribution >= 0.6 is 17.0 Å². The quantitative estimate of drug-likeness (QED) is 0.470. The molecule has 4 heteroatoms. The Morgan fingerprint density at radius 1 is 1.17 bits per heavy atom. The highest BCUT2D eigenvalue weighted by atomic mass is 79.9. The first kappa shape index (κ1) is 9.19. The smallest absolute Gasteiger partial charge is 0.159 e. The third kappa shape index (κ3) is 1.34. The highest BCUT2D eigenvalue weighted by Gasteiger charge is 2.12. The summed E-state index contributed by atoms with van der Waals surface area (Å²) in [7, 11) is 0. The van der Waals surface area contributed by atoms with Crippen LogP contribution in [0.2, 0.25) is 0 Å². The van der Waals surface area contributed by atoms with Crippen LogP contribution in [-0.4, -0.2) is 16.8 Å². The second-order valence-corrected chi connectivity index (χ2v) is 2.67. The van der Waals surface area contributed by atoms with Crippen LogP contribution in [-0.2, 0) is 6.42 Å². The van der Waals surface area contributed by atoms with Gasteiger partial charge in [-0.05, 0) is 18.1 Å². The lowest BCUT2D eigenvalue weighted by atomic mass is 10.1. The maximum atomic E-state index is 9.11. The van der Waals surface area contributed by atoms with Crippen molar-refractivity contribution in [2.45, 2.75) is 6.42 Å². The van der Waals surface area contributed by atoms with Crippen molar-refractivity contribution in [2.75, 3.05) is 11.9 Å². The maximum absolute atomic E-state index is 9.11. The first-order chi connectivity index (χ1) is 5.27. The summed E-state index contributed by atoms with van der Waals surface area (Å²) in [6, 6.07) is 3.16. The number of nitrogens with one attached hydrogen (secondary N) is 1. The molecule has 0 fully saturated rings. The van der Waals surface area contributed by atoms with Crippen molar-refractivity contribution in [3.8, 4) is 11.5 Å². The summed E-state index contributed by atoms with van der Waals surface area (Å²) in [6.45, 7) is 0.887. The van der Waals surface area contributed by atoms with Gasteiger partial charge in [0.15, 0.2) is 11.5 Å². The topological polar surface area (TPSA) is 52.5 Å². The molecule has 3 nitrogen and oxygen atoms in total. The molecule has 0 spiro atoms. The summed E-state index contributed by atoms with van der Waals surface area (Å²) < 4.78 is 0. The molecule has 0 radical (unpaired) electrons. The second-order valence-electron chi connectivity index (χ2n) is 2.67. The molecular weight excluding hydrogens is 222 g/mol. The molecule has 1 aromatic carbocycles. The third-order valence-electron chi connectivity index (χ3n) is 1.91. The fourth-order valence-electron chi connectivity index (χ4n) is 1.32. The third-order valence-corrected chi connectivity index (χ3v) is 1.91. The van der Waals surface area contributed by atoms with Crippen LogP contribution in [0.3, 0.4) is 0 Å². The van der Waals surface area contributed by atoms with Crippen molar-refractivity contribution in [3.63, 3.8) is 0 Å². The van der Waals surface area contributed by atoms with Gasteiger partial charge < -0.3 is 15.5 Å². The number of rotatable bonds is 0. The lowest BCUT2D eigenvalue weighted by molar-refractivity contribution is 0.403. The van der Waals surface area contributed by atoms with E-state index >= 15 is 0 Å². The summed E-state index contributed by atoms with van der Waals surface area (Å²) in [5.74, 6) is -0.0920. The minimum atomic E-state index is -0.0573. The Balaban J connectivity index is 0.000000720. The minimum Gasteiger partial charge on any atom is -0.504 e. The molecule has 1 aliphatic heterocycles. The van der Waals surface area contributed by atoms with E-state index in [1.165, 1.54) is 0 Å². The molecule has 2 rings (SSSR count). The summed E-state index contributed by atoms with van der Waals surface area (Å²) >= 11 is 0. The van der Waals surface area contributed by atoms with Crippen LogP contribution in [0.15, 0.2) is 12.1 Å². The fraction of sp³-hybridized carbons (Fsp3) is 0.250. The van der Waals surface area contributed by atoms with Crippen LogP contribution in [0.4, 0.5) is 5.69 Å². The predicted molar refractivity (Wildman–Crippen MR) is 52.3 cm³/mol. The van der Waals surface area contributed by atoms with Crippen molar-refractivity contribution in [2.24, 2.45) is 0 Å². The van der Waals surface area contributed by atoms with Crippen LogP contribution in [0, 0.1) is 0 Å². The van der Waals surface area contributed by atoms with E-state index < -0.39 is 0 Å². The van der Waals surface area contributed by atoms with E-state index in [0.29, 0.717) is 0 Å². The molecule has 0 amide bonds. The number of hydrogen-bond donors (Lipinski definition) is 3. The first-order valence-corrected chi connectivity index (χ1v) is 3.56. The molecule has 0 unspecified atom stereocenters. The normalized spacial score (nSPS) is 13.0. The van der Waals surface area contributed by atoms with Gasteiger partial charge in [-0.1, -0.05) is 0 Å². The summed E-state index contributed by atoms with van der Waals surface area (Å²) in [6.07, 6.45) is 0.920. The Morgan fingerprint density at radius 3 is 2.58 bits per heavy atom. The Hall–Kier alpha value is -0.900. The lowest BCUT2D eigenvalue weighted by Gasteiger charge is -2.01. The van der Waals surface area contributed by atoms with E-state index in [0.717, 1.165) is 24.2 Å². The number of anilines is 1. The fourth-order valence-corrected chi connectivity index (χ4v) is 1.32. The minimum absolute atomic E-state index is 0. The Bertz CT molecular complexity index is 272. The molecule has 1 heterocycles. The molecular formula is C8H10BrNO2. The number of halogens is 1. The number of hydrogen-bond acceptors (Lipinski definition) is 3. The highest BCUT2D eigenvalue weighted by Crippen LogP contribution is 2.33.